The van der Waals surface area contributed by atoms with E-state index in [1.54, 1.807) is 0 Å². The maximum Gasteiger partial charge on any atom is 0.255 e. The molecule has 0 spiro atoms. The fourth-order valence-electron chi connectivity index (χ4n) is 2.53. The van der Waals surface area contributed by atoms with Crippen LogP contribution in [0.1, 0.15) is 64.9 Å². The molecule has 5 nitrogen and oxygen atoms in total. The number of aryl methyl sites for hydroxylation is 2. The van der Waals surface area contributed by atoms with E-state index in [0.717, 1.165) is 35.6 Å². The molecule has 1 saturated carbocycles. The van der Waals surface area contributed by atoms with Crippen LogP contribution in [-0.4, -0.2) is 21.1 Å². The van der Waals surface area contributed by atoms with Crippen LogP contribution in [-0.2, 0) is 0 Å². The van der Waals surface area contributed by atoms with Gasteiger partial charge in [-0.25, -0.2) is 0 Å². The molecule has 1 fully saturated rings. The third-order valence-corrected chi connectivity index (χ3v) is 3.87. The van der Waals surface area contributed by atoms with Crippen LogP contribution in [0.3, 0.4) is 0 Å². The highest BCUT2D eigenvalue weighted by Gasteiger charge is 2.32. The summed E-state index contributed by atoms with van der Waals surface area (Å²) < 4.78 is 0. The number of H-pyrrole nitrogens is 1. The van der Waals surface area contributed by atoms with Crippen molar-refractivity contribution in [2.45, 2.75) is 45.6 Å². The summed E-state index contributed by atoms with van der Waals surface area (Å²) in [6.45, 7) is 5.79. The molecule has 0 aromatic carbocycles. The van der Waals surface area contributed by atoms with E-state index in [2.05, 4.69) is 20.5 Å². The van der Waals surface area contributed by atoms with Gasteiger partial charge in [-0.2, -0.15) is 5.10 Å². The number of nitrogens with one attached hydrogen (secondary N) is 2. The zero-order chi connectivity index (χ0) is 15.0. The maximum atomic E-state index is 12.5. The lowest BCUT2D eigenvalue weighted by atomic mass is 10.1. The Labute approximate surface area is 124 Å². The highest BCUT2D eigenvalue weighted by molar-refractivity contribution is 5.96. The summed E-state index contributed by atoms with van der Waals surface area (Å²) in [6.07, 6.45) is 2.25. The molecule has 1 aliphatic carbocycles. The average molecular weight is 284 g/mol. The molecule has 0 aliphatic heterocycles. The van der Waals surface area contributed by atoms with Gasteiger partial charge in [-0.3, -0.25) is 14.9 Å². The van der Waals surface area contributed by atoms with Crippen LogP contribution in [0.25, 0.3) is 0 Å². The van der Waals surface area contributed by atoms with Gasteiger partial charge in [0.1, 0.15) is 0 Å². The number of aromatic amines is 1. The first-order valence-electron chi connectivity index (χ1n) is 7.35. The Morgan fingerprint density at radius 3 is 2.81 bits per heavy atom. The molecule has 0 radical (unpaired) electrons. The molecule has 2 N–H and O–H groups in total. The number of hydrogen-bond donors (Lipinski definition) is 2. The summed E-state index contributed by atoms with van der Waals surface area (Å²) in [5.41, 5.74) is 4.27. The van der Waals surface area contributed by atoms with Gasteiger partial charge in [0.05, 0.1) is 23.0 Å². The largest absolute Gasteiger partial charge is 0.344 e. The van der Waals surface area contributed by atoms with E-state index < -0.39 is 0 Å². The predicted molar refractivity (Wildman–Crippen MR) is 80.2 cm³/mol. The van der Waals surface area contributed by atoms with Gasteiger partial charge < -0.3 is 5.32 Å². The molecule has 0 unspecified atom stereocenters. The van der Waals surface area contributed by atoms with Gasteiger partial charge in [-0.05, 0) is 45.7 Å². The molecule has 1 aliphatic rings. The molecule has 0 bridgehead atoms. The van der Waals surface area contributed by atoms with E-state index in [1.165, 1.54) is 0 Å². The highest BCUT2D eigenvalue weighted by atomic mass is 16.1. The first-order chi connectivity index (χ1) is 10.1. The van der Waals surface area contributed by atoms with Crippen LogP contribution >= 0.6 is 0 Å². The molecule has 2 aromatic heterocycles. The first-order valence-corrected chi connectivity index (χ1v) is 7.35. The van der Waals surface area contributed by atoms with Crippen molar-refractivity contribution >= 4 is 5.91 Å². The van der Waals surface area contributed by atoms with Gasteiger partial charge in [0.15, 0.2) is 0 Å². The van der Waals surface area contributed by atoms with E-state index in [1.807, 2.05) is 39.0 Å². The third-order valence-electron chi connectivity index (χ3n) is 3.87. The number of hydrogen-bond acceptors (Lipinski definition) is 3. The lowest BCUT2D eigenvalue weighted by Crippen LogP contribution is -2.28. The number of carbonyl (C=O) groups excluding carboxylic acids is 1. The SMILES string of the molecule is Cc1cccc([C@H](C)NC(=O)c2c(C3CC3)n[nH]c2C)n1. The maximum absolute atomic E-state index is 12.5. The first kappa shape index (κ1) is 13.8. The minimum atomic E-state index is -0.126. The van der Waals surface area contributed by atoms with E-state index in [-0.39, 0.29) is 11.9 Å². The van der Waals surface area contributed by atoms with Gasteiger partial charge in [-0.15, -0.1) is 0 Å². The van der Waals surface area contributed by atoms with Gasteiger partial charge in [0.2, 0.25) is 0 Å². The molecule has 110 valence electrons. The van der Waals surface area contributed by atoms with E-state index in [9.17, 15) is 4.79 Å². The zero-order valence-electron chi connectivity index (χ0n) is 12.6. The minimum absolute atomic E-state index is 0.0704. The lowest BCUT2D eigenvalue weighted by molar-refractivity contribution is 0.0937. The number of rotatable bonds is 4. The van der Waals surface area contributed by atoms with Gasteiger partial charge in [-0.1, -0.05) is 6.07 Å². The molecule has 5 heteroatoms. The molecule has 2 aromatic rings. The second-order valence-corrected chi connectivity index (χ2v) is 5.78. The predicted octanol–water partition coefficient (Wildman–Crippen LogP) is 2.79. The van der Waals surface area contributed by atoms with Crippen molar-refractivity contribution in [2.75, 3.05) is 0 Å². The second kappa shape index (κ2) is 5.31. The number of nitrogens with zero attached hydrogens (tertiary/aromatic N) is 2. The van der Waals surface area contributed by atoms with Gasteiger partial charge in [0.25, 0.3) is 5.91 Å². The van der Waals surface area contributed by atoms with E-state index in [0.29, 0.717) is 11.5 Å². The second-order valence-electron chi connectivity index (χ2n) is 5.78. The molecular formula is C16H20N4O. The zero-order valence-corrected chi connectivity index (χ0v) is 12.6. The highest BCUT2D eigenvalue weighted by Crippen LogP contribution is 2.41. The molecule has 21 heavy (non-hydrogen) atoms. The standard InChI is InChI=1S/C16H20N4O/c1-9-5-4-6-13(17-9)10(2)18-16(21)14-11(3)19-20-15(14)12-7-8-12/h4-6,10,12H,7-8H2,1-3H3,(H,18,21)(H,19,20)/t10-/m0/s1. The molecule has 3 rings (SSSR count). The van der Waals surface area contributed by atoms with E-state index in [4.69, 9.17) is 0 Å². The summed E-state index contributed by atoms with van der Waals surface area (Å²) >= 11 is 0. The lowest BCUT2D eigenvalue weighted by Gasteiger charge is -2.14. The van der Waals surface area contributed by atoms with Crippen LogP contribution < -0.4 is 5.32 Å². The summed E-state index contributed by atoms with van der Waals surface area (Å²) in [5.74, 6) is 0.377. The van der Waals surface area contributed by atoms with Crippen LogP contribution in [0.15, 0.2) is 18.2 Å². The fraction of sp³-hybridized carbons (Fsp3) is 0.438. The summed E-state index contributed by atoms with van der Waals surface area (Å²) in [4.78, 5) is 17.0. The Hall–Kier alpha value is -2.17. The van der Waals surface area contributed by atoms with Crippen molar-refractivity contribution in [2.24, 2.45) is 0 Å². The Morgan fingerprint density at radius 1 is 1.38 bits per heavy atom. The number of pyridine rings is 1. The van der Waals surface area contributed by atoms with Crippen molar-refractivity contribution in [1.29, 1.82) is 0 Å². The normalized spacial score (nSPS) is 15.8. The Bertz CT molecular complexity index is 673. The molecule has 1 atom stereocenters. The van der Waals surface area contributed by atoms with E-state index >= 15 is 0 Å². The van der Waals surface area contributed by atoms with Crippen molar-refractivity contribution in [3.05, 3.63) is 46.5 Å². The number of aromatic nitrogens is 3. The Morgan fingerprint density at radius 2 is 2.14 bits per heavy atom. The fourth-order valence-corrected chi connectivity index (χ4v) is 2.53. The molecule has 2 heterocycles. The van der Waals surface area contributed by atoms with Crippen LogP contribution in [0.4, 0.5) is 0 Å². The minimum Gasteiger partial charge on any atom is -0.344 e. The van der Waals surface area contributed by atoms with Gasteiger partial charge >= 0.3 is 0 Å². The summed E-state index contributed by atoms with van der Waals surface area (Å²) in [5, 5.41) is 10.3. The van der Waals surface area contributed by atoms with Crippen molar-refractivity contribution in [3.63, 3.8) is 0 Å². The Balaban J connectivity index is 1.78. The summed E-state index contributed by atoms with van der Waals surface area (Å²) in [6, 6.07) is 5.71. The molecule has 1 amide bonds. The Kier molecular flexibility index (Phi) is 3.49. The van der Waals surface area contributed by atoms with Crippen molar-refractivity contribution in [3.8, 4) is 0 Å². The average Bonchev–Trinajstić information content (AvgIpc) is 3.21. The number of carbonyl (C=O) groups is 1. The van der Waals surface area contributed by atoms with Crippen LogP contribution in [0, 0.1) is 13.8 Å². The van der Waals surface area contributed by atoms with Crippen LogP contribution in [0.5, 0.6) is 0 Å². The monoisotopic (exact) mass is 284 g/mol. The summed E-state index contributed by atoms with van der Waals surface area (Å²) in [7, 11) is 0. The molecule has 0 saturated heterocycles. The van der Waals surface area contributed by atoms with Crippen molar-refractivity contribution < 1.29 is 4.79 Å². The number of amides is 1. The smallest absolute Gasteiger partial charge is 0.255 e. The van der Waals surface area contributed by atoms with Crippen LogP contribution in [0.2, 0.25) is 0 Å². The van der Waals surface area contributed by atoms with Crippen molar-refractivity contribution in [1.82, 2.24) is 20.5 Å². The quantitative estimate of drug-likeness (QED) is 0.907. The third kappa shape index (κ3) is 2.82. The van der Waals surface area contributed by atoms with Gasteiger partial charge in [0, 0.05) is 17.3 Å². The topological polar surface area (TPSA) is 70.7 Å². The molecular weight excluding hydrogens is 264 g/mol.